The van der Waals surface area contributed by atoms with Crippen molar-refractivity contribution >= 4 is 17.5 Å². The van der Waals surface area contributed by atoms with Crippen LogP contribution in [0.25, 0.3) is 0 Å². The summed E-state index contributed by atoms with van der Waals surface area (Å²) in [6.45, 7) is 1.78. The fourth-order valence-electron chi connectivity index (χ4n) is 3.63. The van der Waals surface area contributed by atoms with E-state index in [1.165, 1.54) is 24.4 Å². The van der Waals surface area contributed by atoms with Gasteiger partial charge >= 0.3 is 0 Å². The molecule has 1 fully saturated rings. The maximum Gasteiger partial charge on any atom is 0.273 e. The first-order valence-electron chi connectivity index (χ1n) is 9.52. The van der Waals surface area contributed by atoms with Gasteiger partial charge in [-0.05, 0) is 31.5 Å². The van der Waals surface area contributed by atoms with Crippen molar-refractivity contribution in [1.29, 1.82) is 0 Å². The van der Waals surface area contributed by atoms with Gasteiger partial charge in [0.1, 0.15) is 17.4 Å². The molecule has 32 heavy (non-hydrogen) atoms. The van der Waals surface area contributed by atoms with Crippen molar-refractivity contribution in [3.05, 3.63) is 53.4 Å². The molecule has 2 amide bonds. The molecule has 1 aromatic heterocycles. The monoisotopic (exact) mass is 455 g/mol. The Morgan fingerprint density at radius 2 is 2.00 bits per heavy atom. The molecule has 7 nitrogen and oxygen atoms in total. The van der Waals surface area contributed by atoms with Crippen LogP contribution < -0.4 is 15.8 Å². The van der Waals surface area contributed by atoms with Crippen LogP contribution in [-0.4, -0.2) is 41.5 Å². The average Bonchev–Trinajstić information content (AvgIpc) is 3.09. The Hall–Kier alpha value is -3.21. The van der Waals surface area contributed by atoms with E-state index in [-0.39, 0.29) is 23.4 Å². The number of ether oxygens (including phenoxy) is 2. The van der Waals surface area contributed by atoms with E-state index >= 15 is 0 Å². The summed E-state index contributed by atoms with van der Waals surface area (Å²) in [7, 11) is 1.10. The highest BCUT2D eigenvalue weighted by Crippen LogP contribution is 2.50. The van der Waals surface area contributed by atoms with Crippen molar-refractivity contribution in [3.8, 4) is 5.75 Å². The Labute approximate surface area is 180 Å². The van der Waals surface area contributed by atoms with Gasteiger partial charge in [-0.15, -0.1) is 0 Å². The fraction of sp³-hybridized carbons (Fsp3) is 0.381. The Morgan fingerprint density at radius 1 is 1.31 bits per heavy atom. The largest absolute Gasteiger partial charge is 0.493 e. The van der Waals surface area contributed by atoms with Crippen LogP contribution in [0.2, 0.25) is 0 Å². The van der Waals surface area contributed by atoms with Crippen LogP contribution in [0.1, 0.15) is 42.2 Å². The van der Waals surface area contributed by atoms with Gasteiger partial charge in [-0.3, -0.25) is 14.6 Å². The molecule has 3 rings (SSSR count). The summed E-state index contributed by atoms with van der Waals surface area (Å²) in [5, 5.41) is 2.47. The van der Waals surface area contributed by atoms with Crippen LogP contribution in [0, 0.1) is 11.6 Å². The number of halogens is 4. The van der Waals surface area contributed by atoms with Crippen molar-refractivity contribution in [2.45, 2.75) is 43.8 Å². The number of primary amides is 1. The van der Waals surface area contributed by atoms with Gasteiger partial charge < -0.3 is 20.5 Å². The van der Waals surface area contributed by atoms with E-state index in [0.29, 0.717) is 6.92 Å². The molecule has 2 heterocycles. The summed E-state index contributed by atoms with van der Waals surface area (Å²) in [5.74, 6) is -9.11. The molecule has 0 unspecified atom stereocenters. The molecule has 172 valence electrons. The number of rotatable bonds is 6. The maximum absolute atomic E-state index is 14.4. The molecule has 3 atom stereocenters. The second-order valence-electron chi connectivity index (χ2n) is 7.74. The molecule has 11 heteroatoms. The Kier molecular flexibility index (Phi) is 6.14. The Bertz CT molecular complexity index is 1060. The highest BCUT2D eigenvalue weighted by Gasteiger charge is 2.58. The van der Waals surface area contributed by atoms with Crippen LogP contribution in [0.4, 0.5) is 23.2 Å². The van der Waals surface area contributed by atoms with Crippen molar-refractivity contribution in [3.63, 3.8) is 0 Å². The van der Waals surface area contributed by atoms with Crippen LogP contribution in [0.15, 0.2) is 30.5 Å². The predicted molar refractivity (Wildman–Crippen MR) is 106 cm³/mol. The zero-order chi connectivity index (χ0) is 23.8. The number of alkyl halides is 2. The number of pyridine rings is 1. The maximum atomic E-state index is 14.4. The Morgan fingerprint density at radius 3 is 2.59 bits per heavy atom. The summed E-state index contributed by atoms with van der Waals surface area (Å²) in [4.78, 5) is 28.1. The lowest BCUT2D eigenvalue weighted by Gasteiger charge is -2.30. The summed E-state index contributed by atoms with van der Waals surface area (Å²) in [6, 6.07) is 4.56. The van der Waals surface area contributed by atoms with Gasteiger partial charge in [0.15, 0.2) is 11.6 Å². The van der Waals surface area contributed by atoms with Gasteiger partial charge in [0.25, 0.3) is 17.7 Å². The fourth-order valence-corrected chi connectivity index (χ4v) is 3.63. The number of hydrogen-bond donors (Lipinski definition) is 2. The molecular formula is C21H21F4N3O4. The third kappa shape index (κ3) is 4.24. The number of amides is 2. The smallest absolute Gasteiger partial charge is 0.273 e. The van der Waals surface area contributed by atoms with Gasteiger partial charge in [0, 0.05) is 30.3 Å². The van der Waals surface area contributed by atoms with Gasteiger partial charge in [-0.2, -0.15) is 4.39 Å². The zero-order valence-electron chi connectivity index (χ0n) is 17.4. The number of carbonyl (C=O) groups is 2. The third-order valence-corrected chi connectivity index (χ3v) is 5.51. The quantitative estimate of drug-likeness (QED) is 0.650. The molecule has 3 N–H and O–H groups in total. The zero-order valence-corrected chi connectivity index (χ0v) is 17.4. The van der Waals surface area contributed by atoms with Gasteiger partial charge in [-0.25, -0.2) is 13.2 Å². The molecule has 1 aromatic carbocycles. The standard InChI is InChI=1S/C21H21F4N3O4/c1-20(21(2,24)25)9-12(11-4-5-13(22)15(23)16(11)31-3)17(32-20)19(30)28-10-6-7-27-14(8-10)18(26)29/h4-8,12,17H,9H2,1-3H3,(H2,26,29)(H,27,28,30)/t12-,17+,20-/m0/s1. The minimum Gasteiger partial charge on any atom is -0.493 e. The molecule has 0 spiro atoms. The number of anilines is 1. The highest BCUT2D eigenvalue weighted by molar-refractivity contribution is 5.97. The highest BCUT2D eigenvalue weighted by atomic mass is 19.3. The molecule has 0 radical (unpaired) electrons. The second kappa shape index (κ2) is 8.38. The number of carbonyl (C=O) groups excluding carboxylic acids is 2. The van der Waals surface area contributed by atoms with Gasteiger partial charge in [0.05, 0.1) is 7.11 Å². The lowest BCUT2D eigenvalue weighted by atomic mass is 9.84. The molecule has 2 aromatic rings. The second-order valence-corrected chi connectivity index (χ2v) is 7.74. The number of nitrogens with two attached hydrogens (primary N) is 1. The summed E-state index contributed by atoms with van der Waals surface area (Å²) in [6.07, 6.45) is -0.653. The van der Waals surface area contributed by atoms with E-state index in [2.05, 4.69) is 10.3 Å². The van der Waals surface area contributed by atoms with Crippen LogP contribution >= 0.6 is 0 Å². The van der Waals surface area contributed by atoms with Crippen molar-refractivity contribution in [1.82, 2.24) is 4.98 Å². The predicted octanol–water partition coefficient (Wildman–Crippen LogP) is 3.39. The van der Waals surface area contributed by atoms with Crippen LogP contribution in [-0.2, 0) is 9.53 Å². The van der Waals surface area contributed by atoms with E-state index in [0.717, 1.165) is 20.1 Å². The summed E-state index contributed by atoms with van der Waals surface area (Å²) < 4.78 is 67.2. The number of hydrogen-bond acceptors (Lipinski definition) is 5. The number of aromatic nitrogens is 1. The van der Waals surface area contributed by atoms with Crippen molar-refractivity contribution < 1.29 is 36.6 Å². The first-order valence-corrected chi connectivity index (χ1v) is 9.52. The molecular weight excluding hydrogens is 434 g/mol. The number of nitrogens with one attached hydrogen (secondary N) is 1. The lowest BCUT2D eigenvalue weighted by molar-refractivity contribution is -0.184. The van der Waals surface area contributed by atoms with Crippen molar-refractivity contribution in [2.75, 3.05) is 12.4 Å². The average molecular weight is 455 g/mol. The van der Waals surface area contributed by atoms with Gasteiger partial charge in [-0.1, -0.05) is 6.07 Å². The lowest BCUT2D eigenvalue weighted by Crippen LogP contribution is -2.44. The normalized spacial score (nSPS) is 23.1. The topological polar surface area (TPSA) is 104 Å². The number of methoxy groups -OCH3 is 1. The summed E-state index contributed by atoms with van der Waals surface area (Å²) >= 11 is 0. The van der Waals surface area contributed by atoms with Crippen LogP contribution in [0.5, 0.6) is 5.75 Å². The third-order valence-electron chi connectivity index (χ3n) is 5.51. The molecule has 1 aliphatic rings. The van der Waals surface area contributed by atoms with E-state index in [1.807, 2.05) is 0 Å². The summed E-state index contributed by atoms with van der Waals surface area (Å²) in [5.41, 5.74) is 3.10. The van der Waals surface area contributed by atoms with E-state index in [4.69, 9.17) is 15.2 Å². The molecule has 1 saturated heterocycles. The molecule has 0 saturated carbocycles. The van der Waals surface area contributed by atoms with Gasteiger partial charge in [0.2, 0.25) is 5.82 Å². The Balaban J connectivity index is 2.01. The van der Waals surface area contributed by atoms with E-state index in [9.17, 15) is 27.2 Å². The molecule has 0 aliphatic carbocycles. The first-order chi connectivity index (χ1) is 14.9. The molecule has 1 aliphatic heterocycles. The first kappa shape index (κ1) is 23.5. The minimum absolute atomic E-state index is 0.00655. The SMILES string of the molecule is COc1c([C@@H]2C[C@@](C)(C(C)(F)F)O[C@H]2C(=O)Nc2ccnc(C(N)=O)c2)ccc(F)c1F. The van der Waals surface area contributed by atoms with Crippen molar-refractivity contribution in [2.24, 2.45) is 5.73 Å². The van der Waals surface area contributed by atoms with E-state index in [1.54, 1.807) is 0 Å². The van der Waals surface area contributed by atoms with E-state index < -0.39 is 52.7 Å². The molecule has 0 bridgehead atoms. The minimum atomic E-state index is -3.36. The number of benzene rings is 1. The van der Waals surface area contributed by atoms with Crippen LogP contribution in [0.3, 0.4) is 0 Å². The number of nitrogens with zero attached hydrogens (tertiary/aromatic N) is 1.